The lowest BCUT2D eigenvalue weighted by molar-refractivity contribution is -0.148. The molecule has 0 saturated heterocycles. The first-order valence-electron chi connectivity index (χ1n) is 8.49. The van der Waals surface area contributed by atoms with Gasteiger partial charge in [-0.1, -0.05) is 18.2 Å². The fraction of sp³-hybridized carbons (Fsp3) is 0.316. The van der Waals surface area contributed by atoms with E-state index in [1.165, 1.54) is 17.0 Å². The Morgan fingerprint density at radius 1 is 1.15 bits per heavy atom. The molecule has 2 aromatic rings. The van der Waals surface area contributed by atoms with Crippen LogP contribution in [0.2, 0.25) is 0 Å². The molecular formula is C19H19NO5S. The molecule has 0 radical (unpaired) electrons. The fourth-order valence-corrected chi connectivity index (χ4v) is 5.05. The van der Waals surface area contributed by atoms with Crippen LogP contribution in [0.25, 0.3) is 0 Å². The van der Waals surface area contributed by atoms with E-state index in [0.717, 1.165) is 24.8 Å². The Labute approximate surface area is 152 Å². The average Bonchev–Trinajstić information content (AvgIpc) is 3.14. The van der Waals surface area contributed by atoms with E-state index >= 15 is 0 Å². The van der Waals surface area contributed by atoms with E-state index in [9.17, 15) is 13.2 Å². The highest BCUT2D eigenvalue weighted by molar-refractivity contribution is 7.92. The van der Waals surface area contributed by atoms with Gasteiger partial charge in [0.25, 0.3) is 10.0 Å². The summed E-state index contributed by atoms with van der Waals surface area (Å²) in [5.41, 5.74) is 2.71. The van der Waals surface area contributed by atoms with Crippen LogP contribution < -0.4 is 9.04 Å². The summed E-state index contributed by atoms with van der Waals surface area (Å²) >= 11 is 0. The van der Waals surface area contributed by atoms with E-state index in [1.54, 1.807) is 36.4 Å². The van der Waals surface area contributed by atoms with Crippen LogP contribution in [0.3, 0.4) is 0 Å². The summed E-state index contributed by atoms with van der Waals surface area (Å²) in [5, 5.41) is 0. The summed E-state index contributed by atoms with van der Waals surface area (Å²) in [6.07, 6.45) is 1.92. The molecule has 7 heteroatoms. The third kappa shape index (κ3) is 2.72. The van der Waals surface area contributed by atoms with Gasteiger partial charge in [0, 0.05) is 0 Å². The third-order valence-corrected chi connectivity index (χ3v) is 6.63. The van der Waals surface area contributed by atoms with Gasteiger partial charge in [-0.3, -0.25) is 4.31 Å². The molecule has 1 aliphatic carbocycles. The molecule has 0 bridgehead atoms. The minimum Gasteiger partial charge on any atom is -0.475 e. The van der Waals surface area contributed by atoms with E-state index in [0.29, 0.717) is 11.4 Å². The van der Waals surface area contributed by atoms with E-state index in [1.807, 2.05) is 6.07 Å². The standard InChI is InChI=1S/C19H19NO5S/c1-24-19(21)18-12-20(16-7-2-3-8-17(16)25-18)26(22,23)15-10-9-13-5-4-6-14(13)11-15/h2-3,7-11,18H,4-6,12H2,1H3/t18-/m0/s1. The molecule has 0 aromatic heterocycles. The molecule has 0 amide bonds. The monoisotopic (exact) mass is 373 g/mol. The molecule has 1 heterocycles. The van der Waals surface area contributed by atoms with Crippen molar-refractivity contribution in [1.29, 1.82) is 0 Å². The quantitative estimate of drug-likeness (QED) is 0.772. The van der Waals surface area contributed by atoms with Crippen LogP contribution in [-0.2, 0) is 32.4 Å². The number of methoxy groups -OCH3 is 1. The fourth-order valence-electron chi connectivity index (χ4n) is 3.52. The number of hydrogen-bond acceptors (Lipinski definition) is 5. The minimum absolute atomic E-state index is 0.122. The number of aryl methyl sites for hydroxylation is 2. The number of sulfonamides is 1. The van der Waals surface area contributed by atoms with E-state index in [-0.39, 0.29) is 11.4 Å². The van der Waals surface area contributed by atoms with Crippen LogP contribution in [0.15, 0.2) is 47.4 Å². The number of carbonyl (C=O) groups is 1. The van der Waals surface area contributed by atoms with Gasteiger partial charge in [0.15, 0.2) is 0 Å². The Balaban J connectivity index is 1.78. The van der Waals surface area contributed by atoms with Crippen molar-refractivity contribution in [2.75, 3.05) is 18.0 Å². The van der Waals surface area contributed by atoms with Gasteiger partial charge in [0.2, 0.25) is 6.10 Å². The highest BCUT2D eigenvalue weighted by Gasteiger charge is 2.38. The third-order valence-electron chi connectivity index (χ3n) is 4.86. The van der Waals surface area contributed by atoms with Crippen LogP contribution in [0, 0.1) is 0 Å². The summed E-state index contributed by atoms with van der Waals surface area (Å²) in [4.78, 5) is 12.2. The number of anilines is 1. The molecule has 4 rings (SSSR count). The Bertz CT molecular complexity index is 970. The summed E-state index contributed by atoms with van der Waals surface area (Å²) in [7, 11) is -2.57. The molecule has 1 aliphatic heterocycles. The topological polar surface area (TPSA) is 72.9 Å². The SMILES string of the molecule is COC(=O)[C@@H]1CN(S(=O)(=O)c2ccc3c(c2)CCC3)c2ccccc2O1. The van der Waals surface area contributed by atoms with Gasteiger partial charge in [-0.25, -0.2) is 13.2 Å². The molecule has 2 aromatic carbocycles. The maximum Gasteiger partial charge on any atom is 0.348 e. The molecule has 0 spiro atoms. The zero-order valence-corrected chi connectivity index (χ0v) is 15.2. The largest absolute Gasteiger partial charge is 0.475 e. The van der Waals surface area contributed by atoms with Crippen LogP contribution in [-0.4, -0.2) is 34.1 Å². The highest BCUT2D eigenvalue weighted by Crippen LogP contribution is 2.37. The normalized spacial score (nSPS) is 18.7. The van der Waals surface area contributed by atoms with E-state index < -0.39 is 22.1 Å². The molecule has 0 N–H and O–H groups in total. The number of nitrogens with zero attached hydrogens (tertiary/aromatic N) is 1. The molecule has 2 aliphatic rings. The van der Waals surface area contributed by atoms with Gasteiger partial charge in [0.05, 0.1) is 24.2 Å². The Hall–Kier alpha value is -2.54. The zero-order valence-electron chi connectivity index (χ0n) is 14.3. The number of fused-ring (bicyclic) bond motifs is 2. The van der Waals surface area contributed by atoms with Crippen LogP contribution in [0.5, 0.6) is 5.75 Å². The van der Waals surface area contributed by atoms with Crippen LogP contribution >= 0.6 is 0 Å². The molecule has 26 heavy (non-hydrogen) atoms. The average molecular weight is 373 g/mol. The minimum atomic E-state index is -3.83. The second kappa shape index (κ2) is 6.32. The summed E-state index contributed by atoms with van der Waals surface area (Å²) in [5.74, 6) is -0.257. The van der Waals surface area contributed by atoms with Gasteiger partial charge in [-0.05, 0) is 54.7 Å². The molecule has 0 fully saturated rings. The molecule has 0 saturated carbocycles. The summed E-state index contributed by atoms with van der Waals surface area (Å²) in [6, 6.07) is 12.1. The van der Waals surface area contributed by atoms with Gasteiger partial charge in [-0.15, -0.1) is 0 Å². The maximum absolute atomic E-state index is 13.3. The van der Waals surface area contributed by atoms with Gasteiger partial charge >= 0.3 is 5.97 Å². The number of para-hydroxylation sites is 2. The molecule has 136 valence electrons. The molecule has 6 nitrogen and oxygen atoms in total. The predicted molar refractivity (Wildman–Crippen MR) is 95.9 cm³/mol. The smallest absolute Gasteiger partial charge is 0.348 e. The predicted octanol–water partition coefficient (Wildman–Crippen LogP) is 2.30. The van der Waals surface area contributed by atoms with Crippen molar-refractivity contribution < 1.29 is 22.7 Å². The van der Waals surface area contributed by atoms with Crippen molar-refractivity contribution in [3.8, 4) is 5.75 Å². The summed E-state index contributed by atoms with van der Waals surface area (Å²) in [6.45, 7) is -0.122. The van der Waals surface area contributed by atoms with Crippen molar-refractivity contribution >= 4 is 21.7 Å². The molecular weight excluding hydrogens is 354 g/mol. The van der Waals surface area contributed by atoms with Gasteiger partial charge in [-0.2, -0.15) is 0 Å². The number of rotatable bonds is 3. The van der Waals surface area contributed by atoms with Crippen molar-refractivity contribution in [2.24, 2.45) is 0 Å². The lowest BCUT2D eigenvalue weighted by Gasteiger charge is -2.34. The number of benzene rings is 2. The second-order valence-corrected chi connectivity index (χ2v) is 8.28. The van der Waals surface area contributed by atoms with Crippen molar-refractivity contribution in [2.45, 2.75) is 30.3 Å². The van der Waals surface area contributed by atoms with E-state index in [2.05, 4.69) is 0 Å². The number of esters is 1. The Morgan fingerprint density at radius 3 is 2.73 bits per heavy atom. The second-order valence-electron chi connectivity index (χ2n) is 6.42. The molecule has 0 unspecified atom stereocenters. The maximum atomic E-state index is 13.3. The van der Waals surface area contributed by atoms with Crippen molar-refractivity contribution in [1.82, 2.24) is 0 Å². The Morgan fingerprint density at radius 2 is 1.92 bits per heavy atom. The Kier molecular flexibility index (Phi) is 4.11. The number of carbonyl (C=O) groups excluding carboxylic acids is 1. The van der Waals surface area contributed by atoms with Crippen LogP contribution in [0.1, 0.15) is 17.5 Å². The van der Waals surface area contributed by atoms with Crippen molar-refractivity contribution in [3.05, 3.63) is 53.6 Å². The van der Waals surface area contributed by atoms with Gasteiger partial charge < -0.3 is 9.47 Å². The number of hydrogen-bond donors (Lipinski definition) is 0. The first-order valence-corrected chi connectivity index (χ1v) is 9.93. The lowest BCUT2D eigenvalue weighted by Crippen LogP contribution is -2.47. The van der Waals surface area contributed by atoms with E-state index in [4.69, 9.17) is 9.47 Å². The first kappa shape index (κ1) is 16.9. The highest BCUT2D eigenvalue weighted by atomic mass is 32.2. The molecule has 1 atom stereocenters. The first-order chi connectivity index (χ1) is 12.5. The number of ether oxygens (including phenoxy) is 2. The van der Waals surface area contributed by atoms with Gasteiger partial charge in [0.1, 0.15) is 5.75 Å². The zero-order chi connectivity index (χ0) is 18.3. The lowest BCUT2D eigenvalue weighted by atomic mass is 10.1. The summed E-state index contributed by atoms with van der Waals surface area (Å²) < 4.78 is 38.3. The van der Waals surface area contributed by atoms with Crippen molar-refractivity contribution in [3.63, 3.8) is 0 Å². The van der Waals surface area contributed by atoms with Crippen LogP contribution in [0.4, 0.5) is 5.69 Å².